The number of hydrogen-bond donors (Lipinski definition) is 0. The Kier molecular flexibility index (Phi) is 4.62. The molecule has 0 bridgehead atoms. The van der Waals surface area contributed by atoms with E-state index in [-0.39, 0.29) is 12.3 Å². The van der Waals surface area contributed by atoms with Crippen LogP contribution in [0.2, 0.25) is 5.02 Å². The molecule has 2 aromatic rings. The third-order valence-corrected chi connectivity index (χ3v) is 3.56. The maximum atomic E-state index is 11.0. The summed E-state index contributed by atoms with van der Waals surface area (Å²) < 4.78 is 6.42. The molecule has 0 amide bonds. The van der Waals surface area contributed by atoms with Gasteiger partial charge in [0.25, 0.3) is 5.69 Å². The second kappa shape index (κ2) is 6.24. The van der Waals surface area contributed by atoms with E-state index < -0.39 is 4.92 Å². The molecule has 6 heteroatoms. The summed E-state index contributed by atoms with van der Waals surface area (Å²) in [4.78, 5) is 10.5. The van der Waals surface area contributed by atoms with Crippen molar-refractivity contribution in [1.82, 2.24) is 0 Å². The topological polar surface area (TPSA) is 52.4 Å². The first-order valence-corrected chi connectivity index (χ1v) is 6.96. The molecule has 0 saturated carbocycles. The van der Waals surface area contributed by atoms with Crippen LogP contribution in [0.5, 0.6) is 5.75 Å². The summed E-state index contributed by atoms with van der Waals surface area (Å²) in [6, 6.07) is 10.1. The van der Waals surface area contributed by atoms with Gasteiger partial charge in [0, 0.05) is 11.1 Å². The molecular formula is C14H11BrClNO3. The van der Waals surface area contributed by atoms with Crippen LogP contribution < -0.4 is 4.74 Å². The molecule has 0 fully saturated rings. The van der Waals surface area contributed by atoms with E-state index in [4.69, 9.17) is 16.3 Å². The number of rotatable bonds is 4. The van der Waals surface area contributed by atoms with E-state index in [1.165, 1.54) is 12.1 Å². The Bertz CT molecular complexity index is 661. The number of halogens is 2. The van der Waals surface area contributed by atoms with Gasteiger partial charge in [0.1, 0.15) is 12.4 Å². The largest absolute Gasteiger partial charge is 0.487 e. The van der Waals surface area contributed by atoms with Gasteiger partial charge in [-0.05, 0) is 52.7 Å². The van der Waals surface area contributed by atoms with Crippen molar-refractivity contribution in [2.24, 2.45) is 0 Å². The lowest BCUT2D eigenvalue weighted by Crippen LogP contribution is -2.01. The summed E-state index contributed by atoms with van der Waals surface area (Å²) in [7, 11) is 0. The Labute approximate surface area is 129 Å². The van der Waals surface area contributed by atoms with Gasteiger partial charge in [-0.1, -0.05) is 17.7 Å². The number of nitrogens with zero attached hydrogens (tertiary/aromatic N) is 1. The molecule has 2 aromatic carbocycles. The highest BCUT2D eigenvalue weighted by molar-refractivity contribution is 9.10. The Hall–Kier alpha value is -1.59. The number of benzene rings is 2. The van der Waals surface area contributed by atoms with Crippen molar-refractivity contribution in [2.75, 3.05) is 0 Å². The smallest absolute Gasteiger partial charge is 0.276 e. The fourth-order valence-electron chi connectivity index (χ4n) is 1.73. The van der Waals surface area contributed by atoms with E-state index in [2.05, 4.69) is 15.9 Å². The van der Waals surface area contributed by atoms with Crippen LogP contribution in [0, 0.1) is 17.0 Å². The Morgan fingerprint density at radius 3 is 2.70 bits per heavy atom. The number of nitro groups is 1. The highest BCUT2D eigenvalue weighted by atomic mass is 79.9. The van der Waals surface area contributed by atoms with Gasteiger partial charge in [-0.3, -0.25) is 10.1 Å². The van der Waals surface area contributed by atoms with Crippen LogP contribution in [0.3, 0.4) is 0 Å². The molecular weight excluding hydrogens is 346 g/mol. The molecule has 4 nitrogen and oxygen atoms in total. The first kappa shape index (κ1) is 14.8. The average Bonchev–Trinajstić information content (AvgIpc) is 2.37. The Morgan fingerprint density at radius 1 is 1.30 bits per heavy atom. The van der Waals surface area contributed by atoms with Crippen molar-refractivity contribution >= 4 is 33.2 Å². The van der Waals surface area contributed by atoms with Gasteiger partial charge in [-0.2, -0.15) is 0 Å². The van der Waals surface area contributed by atoms with E-state index in [0.29, 0.717) is 16.3 Å². The predicted molar refractivity (Wildman–Crippen MR) is 81.3 cm³/mol. The number of aryl methyl sites for hydroxylation is 1. The lowest BCUT2D eigenvalue weighted by Gasteiger charge is -2.09. The molecule has 0 N–H and O–H groups in total. The number of ether oxygens (including phenoxy) is 1. The molecule has 20 heavy (non-hydrogen) atoms. The molecule has 0 unspecified atom stereocenters. The summed E-state index contributed by atoms with van der Waals surface area (Å²) in [6.07, 6.45) is 0. The molecule has 0 aliphatic heterocycles. The molecule has 0 aliphatic carbocycles. The summed E-state index contributed by atoms with van der Waals surface area (Å²) in [5.74, 6) is 0.630. The normalized spacial score (nSPS) is 10.3. The monoisotopic (exact) mass is 355 g/mol. The summed E-state index contributed by atoms with van der Waals surface area (Å²) >= 11 is 9.27. The second-order valence-corrected chi connectivity index (χ2v) is 5.54. The maximum absolute atomic E-state index is 11.0. The van der Waals surface area contributed by atoms with Crippen LogP contribution in [0.25, 0.3) is 0 Å². The Morgan fingerprint density at radius 2 is 2.05 bits per heavy atom. The number of hydrogen-bond acceptors (Lipinski definition) is 3. The van der Waals surface area contributed by atoms with Crippen molar-refractivity contribution in [2.45, 2.75) is 13.5 Å². The minimum Gasteiger partial charge on any atom is -0.487 e. The zero-order valence-corrected chi connectivity index (χ0v) is 12.9. The average molecular weight is 357 g/mol. The third-order valence-electron chi connectivity index (χ3n) is 2.71. The lowest BCUT2D eigenvalue weighted by molar-refractivity contribution is -0.385. The fraction of sp³-hybridized carbons (Fsp3) is 0.143. The van der Waals surface area contributed by atoms with Crippen LogP contribution in [0.1, 0.15) is 11.1 Å². The van der Waals surface area contributed by atoms with Crippen LogP contribution in [0.4, 0.5) is 5.69 Å². The number of nitro benzene ring substituents is 1. The zero-order chi connectivity index (χ0) is 14.7. The van der Waals surface area contributed by atoms with Crippen LogP contribution in [0.15, 0.2) is 40.9 Å². The zero-order valence-electron chi connectivity index (χ0n) is 10.6. The molecule has 0 atom stereocenters. The van der Waals surface area contributed by atoms with Gasteiger partial charge < -0.3 is 4.74 Å². The lowest BCUT2D eigenvalue weighted by atomic mass is 10.2. The van der Waals surface area contributed by atoms with E-state index >= 15 is 0 Å². The highest BCUT2D eigenvalue weighted by Gasteiger charge is 2.15. The van der Waals surface area contributed by atoms with E-state index in [1.807, 2.05) is 25.1 Å². The SMILES string of the molecule is Cc1ccc(OCc2cc(Cl)ccc2[N+](=O)[O-])c(Br)c1. The maximum Gasteiger partial charge on any atom is 0.276 e. The van der Waals surface area contributed by atoms with Crippen molar-refractivity contribution in [3.63, 3.8) is 0 Å². The standard InChI is InChI=1S/C14H11BrClNO3/c1-9-2-5-14(12(15)6-9)20-8-10-7-11(16)3-4-13(10)17(18)19/h2-7H,8H2,1H3. The minimum absolute atomic E-state index is 0.00219. The third kappa shape index (κ3) is 3.49. The van der Waals surface area contributed by atoms with Crippen LogP contribution in [-0.2, 0) is 6.61 Å². The highest BCUT2D eigenvalue weighted by Crippen LogP contribution is 2.29. The van der Waals surface area contributed by atoms with Crippen LogP contribution >= 0.6 is 27.5 Å². The van der Waals surface area contributed by atoms with Crippen molar-refractivity contribution in [3.05, 3.63) is 67.1 Å². The second-order valence-electron chi connectivity index (χ2n) is 4.25. The van der Waals surface area contributed by atoms with E-state index in [1.54, 1.807) is 6.07 Å². The van der Waals surface area contributed by atoms with Gasteiger partial charge >= 0.3 is 0 Å². The van der Waals surface area contributed by atoms with Gasteiger partial charge in [0.05, 0.1) is 15.0 Å². The molecule has 0 aromatic heterocycles. The van der Waals surface area contributed by atoms with E-state index in [9.17, 15) is 10.1 Å². The first-order valence-electron chi connectivity index (χ1n) is 5.79. The van der Waals surface area contributed by atoms with Crippen molar-refractivity contribution < 1.29 is 9.66 Å². The van der Waals surface area contributed by atoms with Crippen molar-refractivity contribution in [3.8, 4) is 5.75 Å². The van der Waals surface area contributed by atoms with Gasteiger partial charge in [-0.15, -0.1) is 0 Å². The quantitative estimate of drug-likeness (QED) is 0.578. The first-order chi connectivity index (χ1) is 9.47. The Balaban J connectivity index is 2.22. The fourth-order valence-corrected chi connectivity index (χ4v) is 2.53. The predicted octanol–water partition coefficient (Wildman–Crippen LogP) is 4.90. The minimum atomic E-state index is -0.445. The molecule has 0 saturated heterocycles. The molecule has 0 aliphatic rings. The van der Waals surface area contributed by atoms with E-state index in [0.717, 1.165) is 10.0 Å². The summed E-state index contributed by atoms with van der Waals surface area (Å²) in [5.41, 5.74) is 1.53. The molecule has 2 rings (SSSR count). The van der Waals surface area contributed by atoms with Crippen molar-refractivity contribution in [1.29, 1.82) is 0 Å². The van der Waals surface area contributed by atoms with Crippen LogP contribution in [-0.4, -0.2) is 4.92 Å². The summed E-state index contributed by atoms with van der Waals surface area (Å²) in [6.45, 7) is 2.05. The van der Waals surface area contributed by atoms with Gasteiger partial charge in [-0.25, -0.2) is 0 Å². The van der Waals surface area contributed by atoms with Gasteiger partial charge in [0.2, 0.25) is 0 Å². The summed E-state index contributed by atoms with van der Waals surface area (Å²) in [5, 5.41) is 11.4. The van der Waals surface area contributed by atoms with Gasteiger partial charge in [0.15, 0.2) is 0 Å². The molecule has 104 valence electrons. The molecule has 0 radical (unpaired) electrons. The molecule has 0 spiro atoms. The molecule has 0 heterocycles.